The number of rotatable bonds is 1. The summed E-state index contributed by atoms with van der Waals surface area (Å²) >= 11 is 0. The molecular weight excluding hydrogens is 236 g/mol. The summed E-state index contributed by atoms with van der Waals surface area (Å²) in [5.41, 5.74) is 0. The van der Waals surface area contributed by atoms with E-state index in [4.69, 9.17) is 5.11 Å². The van der Waals surface area contributed by atoms with E-state index in [1.165, 1.54) is 43.2 Å². The van der Waals surface area contributed by atoms with Gasteiger partial charge in [0.15, 0.2) is 0 Å². The maximum absolute atomic E-state index is 10.1. The SMILES string of the molecule is O=C(O)C1C=CSS1.O=C1SS1. The predicted octanol–water partition coefficient (Wildman–Crippen LogP) is 2.85. The van der Waals surface area contributed by atoms with Gasteiger partial charge in [0.1, 0.15) is 5.25 Å². The molecule has 7 heteroatoms. The Morgan fingerprint density at radius 3 is 2.25 bits per heavy atom. The first-order valence-corrected chi connectivity index (χ1v) is 7.23. The maximum atomic E-state index is 10.1. The van der Waals surface area contributed by atoms with Crippen LogP contribution in [0.1, 0.15) is 0 Å². The molecule has 2 rings (SSSR count). The minimum atomic E-state index is -0.753. The molecule has 66 valence electrons. The molecule has 1 saturated heterocycles. The quantitative estimate of drug-likeness (QED) is 0.558. The molecule has 0 aromatic heterocycles. The van der Waals surface area contributed by atoms with Gasteiger partial charge in [-0.05, 0) is 5.41 Å². The third-order valence-electron chi connectivity index (χ3n) is 0.863. The highest BCUT2D eigenvalue weighted by Gasteiger charge is 2.18. The first-order chi connectivity index (χ1) is 5.70. The van der Waals surface area contributed by atoms with Crippen molar-refractivity contribution in [1.82, 2.24) is 0 Å². The minimum absolute atomic E-state index is 0.250. The summed E-state index contributed by atoms with van der Waals surface area (Å²) < 4.78 is 0.250. The molecule has 0 aromatic carbocycles. The van der Waals surface area contributed by atoms with Crippen LogP contribution in [0.4, 0.5) is 4.79 Å². The van der Waals surface area contributed by atoms with Crippen LogP contribution < -0.4 is 0 Å². The highest BCUT2D eigenvalue weighted by atomic mass is 33.2. The van der Waals surface area contributed by atoms with Crippen molar-refractivity contribution in [2.75, 3.05) is 0 Å². The van der Waals surface area contributed by atoms with Gasteiger partial charge in [-0.15, -0.1) is 0 Å². The molecule has 0 saturated carbocycles. The number of hydrogen-bond acceptors (Lipinski definition) is 6. The summed E-state index contributed by atoms with van der Waals surface area (Å²) in [6.07, 6.45) is 1.68. The Balaban J connectivity index is 0.000000150. The summed E-state index contributed by atoms with van der Waals surface area (Å²) in [6.45, 7) is 0. The second-order valence-electron chi connectivity index (χ2n) is 1.70. The van der Waals surface area contributed by atoms with Gasteiger partial charge in [-0.1, -0.05) is 27.7 Å². The zero-order chi connectivity index (χ0) is 8.97. The van der Waals surface area contributed by atoms with Crippen LogP contribution in [0.3, 0.4) is 0 Å². The zero-order valence-corrected chi connectivity index (χ0v) is 8.89. The Labute approximate surface area is 84.9 Å². The van der Waals surface area contributed by atoms with Gasteiger partial charge in [-0.2, -0.15) is 0 Å². The number of carboxylic acids is 1. The molecule has 0 aromatic rings. The Hall–Kier alpha value is 0.280. The fourth-order valence-electron chi connectivity index (χ4n) is 0.368. The number of aliphatic carboxylic acids is 1. The summed E-state index contributed by atoms with van der Waals surface area (Å²) in [6, 6.07) is 0. The molecule has 2 aliphatic rings. The van der Waals surface area contributed by atoms with Crippen LogP contribution in [0.5, 0.6) is 0 Å². The molecule has 1 atom stereocenters. The van der Waals surface area contributed by atoms with Gasteiger partial charge in [-0.25, -0.2) is 0 Å². The fourth-order valence-corrected chi connectivity index (χ4v) is 2.42. The highest BCUT2D eigenvalue weighted by molar-refractivity contribution is 9.09. The van der Waals surface area contributed by atoms with Crippen LogP contribution >= 0.6 is 43.2 Å². The smallest absolute Gasteiger partial charge is 0.321 e. The molecule has 12 heavy (non-hydrogen) atoms. The summed E-state index contributed by atoms with van der Waals surface area (Å²) in [5, 5.41) is 9.80. The van der Waals surface area contributed by atoms with E-state index in [0.717, 1.165) is 0 Å². The molecule has 1 unspecified atom stereocenters. The van der Waals surface area contributed by atoms with Crippen molar-refractivity contribution in [2.24, 2.45) is 0 Å². The average molecular weight is 240 g/mol. The first-order valence-electron chi connectivity index (χ1n) is 2.80. The first kappa shape index (κ1) is 10.4. The van der Waals surface area contributed by atoms with E-state index in [9.17, 15) is 9.59 Å². The number of carbonyl (C=O) groups is 2. The van der Waals surface area contributed by atoms with Crippen LogP contribution in [-0.4, -0.2) is 20.8 Å². The topological polar surface area (TPSA) is 54.4 Å². The van der Waals surface area contributed by atoms with Crippen molar-refractivity contribution in [3.8, 4) is 0 Å². The molecule has 0 radical (unpaired) electrons. The molecular formula is C5H4O3S4. The molecule has 0 amide bonds. The summed E-state index contributed by atoms with van der Waals surface area (Å²) in [7, 11) is 5.42. The zero-order valence-electron chi connectivity index (χ0n) is 5.63. The molecule has 1 N–H and O–H groups in total. The van der Waals surface area contributed by atoms with Gasteiger partial charge in [0.05, 0.1) is 0 Å². The lowest BCUT2D eigenvalue weighted by Crippen LogP contribution is -2.09. The molecule has 1 fully saturated rings. The largest absolute Gasteiger partial charge is 0.480 e. The molecule has 3 nitrogen and oxygen atoms in total. The number of carboxylic acid groups (broad SMARTS) is 1. The van der Waals surface area contributed by atoms with E-state index in [1.54, 1.807) is 11.5 Å². The third-order valence-corrected chi connectivity index (χ3v) is 4.31. The van der Waals surface area contributed by atoms with Crippen LogP contribution in [0.15, 0.2) is 11.5 Å². The second kappa shape index (κ2) is 5.11. The predicted molar refractivity (Wildman–Crippen MR) is 56.3 cm³/mol. The van der Waals surface area contributed by atoms with Gasteiger partial charge in [0.25, 0.3) is 4.45 Å². The maximum Gasteiger partial charge on any atom is 0.321 e. The van der Waals surface area contributed by atoms with Crippen molar-refractivity contribution in [2.45, 2.75) is 5.25 Å². The van der Waals surface area contributed by atoms with Crippen LogP contribution in [0.2, 0.25) is 0 Å². The van der Waals surface area contributed by atoms with Crippen molar-refractivity contribution in [1.29, 1.82) is 0 Å². The second-order valence-corrected chi connectivity index (χ2v) is 6.35. The van der Waals surface area contributed by atoms with Crippen LogP contribution in [-0.2, 0) is 4.79 Å². The van der Waals surface area contributed by atoms with Gasteiger partial charge in [-0.3, -0.25) is 9.59 Å². The van der Waals surface area contributed by atoms with Gasteiger partial charge >= 0.3 is 5.97 Å². The van der Waals surface area contributed by atoms with Crippen LogP contribution in [0, 0.1) is 0 Å². The van der Waals surface area contributed by atoms with E-state index < -0.39 is 5.97 Å². The molecule has 0 bridgehead atoms. The number of carbonyl (C=O) groups excluding carboxylic acids is 1. The fraction of sp³-hybridized carbons (Fsp3) is 0.200. The Morgan fingerprint density at radius 2 is 2.08 bits per heavy atom. The Bertz CT molecular complexity index is 221. The van der Waals surface area contributed by atoms with Crippen molar-refractivity contribution < 1.29 is 14.7 Å². The summed E-state index contributed by atoms with van der Waals surface area (Å²) in [4.78, 5) is 19.6. The lowest BCUT2D eigenvalue weighted by atomic mass is 10.4. The van der Waals surface area contributed by atoms with Gasteiger partial charge in [0, 0.05) is 21.6 Å². The normalized spacial score (nSPS) is 24.7. The van der Waals surface area contributed by atoms with E-state index in [0.29, 0.717) is 0 Å². The van der Waals surface area contributed by atoms with Crippen molar-refractivity contribution >= 4 is 53.6 Å². The molecule has 0 spiro atoms. The minimum Gasteiger partial charge on any atom is -0.480 e. The lowest BCUT2D eigenvalue weighted by Gasteiger charge is -1.94. The van der Waals surface area contributed by atoms with Crippen molar-refractivity contribution in [3.05, 3.63) is 11.5 Å². The third kappa shape index (κ3) is 4.34. The monoisotopic (exact) mass is 240 g/mol. The Kier molecular flexibility index (Phi) is 4.41. The van der Waals surface area contributed by atoms with E-state index in [2.05, 4.69) is 0 Å². The standard InChI is InChI=1S/C4H4O2S2.COS2/c5-4(6)3-1-2-7-8-3;2-1-3-4-1/h1-3H,(H,5,6);. The van der Waals surface area contributed by atoms with Gasteiger partial charge in [0.2, 0.25) is 0 Å². The lowest BCUT2D eigenvalue weighted by molar-refractivity contribution is -0.135. The molecule has 2 aliphatic heterocycles. The molecule has 2 heterocycles. The average Bonchev–Trinajstić information content (AvgIpc) is 2.66. The molecule has 0 aliphatic carbocycles. The number of hydrogen-bond donors (Lipinski definition) is 1. The summed E-state index contributed by atoms with van der Waals surface area (Å²) in [5.74, 6) is -0.753. The Morgan fingerprint density at radius 1 is 1.50 bits per heavy atom. The van der Waals surface area contributed by atoms with Crippen LogP contribution in [0.25, 0.3) is 0 Å². The van der Waals surface area contributed by atoms with E-state index in [-0.39, 0.29) is 9.70 Å². The van der Waals surface area contributed by atoms with E-state index >= 15 is 0 Å². The van der Waals surface area contributed by atoms with E-state index in [1.807, 2.05) is 0 Å². The van der Waals surface area contributed by atoms with Crippen molar-refractivity contribution in [3.63, 3.8) is 0 Å². The van der Waals surface area contributed by atoms with Gasteiger partial charge < -0.3 is 5.11 Å². The highest BCUT2D eigenvalue weighted by Crippen LogP contribution is 2.46.